The van der Waals surface area contributed by atoms with Gasteiger partial charge in [-0.1, -0.05) is 18.2 Å². The Morgan fingerprint density at radius 1 is 0.933 bits per heavy atom. The van der Waals surface area contributed by atoms with Crippen molar-refractivity contribution in [3.63, 3.8) is 0 Å². The monoisotopic (exact) mass is 195 g/mol. The first-order valence-electron chi connectivity index (χ1n) is 4.73. The molecule has 2 aromatic heterocycles. The molecule has 1 aromatic carbocycles. The van der Waals surface area contributed by atoms with E-state index < -0.39 is 0 Å². The van der Waals surface area contributed by atoms with Crippen molar-refractivity contribution in [1.29, 1.82) is 0 Å². The second-order valence-corrected chi connectivity index (χ2v) is 3.48. The summed E-state index contributed by atoms with van der Waals surface area (Å²) in [7, 11) is 0. The van der Waals surface area contributed by atoms with Gasteiger partial charge in [0.2, 0.25) is 0 Å². The zero-order valence-corrected chi connectivity index (χ0v) is 8.01. The first kappa shape index (κ1) is 8.17. The lowest BCUT2D eigenvalue weighted by molar-refractivity contribution is 1.38. The van der Waals surface area contributed by atoms with E-state index in [2.05, 4.69) is 9.97 Å². The topological polar surface area (TPSA) is 51.8 Å². The summed E-state index contributed by atoms with van der Waals surface area (Å²) in [6.45, 7) is 0. The summed E-state index contributed by atoms with van der Waals surface area (Å²) in [5, 5.41) is 2.13. The minimum atomic E-state index is 0.679. The molecule has 0 aliphatic rings. The van der Waals surface area contributed by atoms with Gasteiger partial charge >= 0.3 is 0 Å². The molecule has 3 rings (SSSR count). The maximum atomic E-state index is 5.69. The van der Waals surface area contributed by atoms with Crippen molar-refractivity contribution in [3.8, 4) is 0 Å². The third-order valence-corrected chi connectivity index (χ3v) is 2.44. The molecule has 0 saturated heterocycles. The highest BCUT2D eigenvalue weighted by Gasteiger charge is 2.01. The zero-order valence-electron chi connectivity index (χ0n) is 8.01. The van der Waals surface area contributed by atoms with Crippen molar-refractivity contribution in [2.45, 2.75) is 0 Å². The maximum absolute atomic E-state index is 5.69. The lowest BCUT2D eigenvalue weighted by Gasteiger charge is -2.02. The van der Waals surface area contributed by atoms with E-state index in [1.54, 1.807) is 12.4 Å². The van der Waals surface area contributed by atoms with Crippen LogP contribution in [0.25, 0.3) is 21.8 Å². The van der Waals surface area contributed by atoms with Crippen LogP contribution < -0.4 is 5.73 Å². The third-order valence-electron chi connectivity index (χ3n) is 2.44. The molecule has 2 heterocycles. The van der Waals surface area contributed by atoms with Crippen LogP contribution in [0.5, 0.6) is 0 Å². The van der Waals surface area contributed by atoms with E-state index in [4.69, 9.17) is 5.73 Å². The van der Waals surface area contributed by atoms with Gasteiger partial charge in [0, 0.05) is 17.0 Å². The van der Waals surface area contributed by atoms with Crippen LogP contribution in [0.15, 0.2) is 42.7 Å². The molecule has 0 aliphatic heterocycles. The molecule has 0 spiro atoms. The highest BCUT2D eigenvalue weighted by molar-refractivity contribution is 6.03. The molecular formula is C12H9N3. The van der Waals surface area contributed by atoms with E-state index in [1.807, 2.05) is 30.3 Å². The average Bonchev–Trinajstić information content (AvgIpc) is 2.28. The summed E-state index contributed by atoms with van der Waals surface area (Å²) in [5.74, 6) is 0. The summed E-state index contributed by atoms with van der Waals surface area (Å²) in [6, 6.07) is 9.91. The summed E-state index contributed by atoms with van der Waals surface area (Å²) >= 11 is 0. The Hall–Kier alpha value is -2.16. The first-order valence-corrected chi connectivity index (χ1v) is 4.73. The van der Waals surface area contributed by atoms with E-state index in [1.165, 1.54) is 0 Å². The highest BCUT2D eigenvalue weighted by Crippen LogP contribution is 2.22. The highest BCUT2D eigenvalue weighted by atomic mass is 14.7. The summed E-state index contributed by atoms with van der Waals surface area (Å²) < 4.78 is 0. The minimum Gasteiger partial charge on any atom is -0.397 e. The Labute approximate surface area is 86.6 Å². The van der Waals surface area contributed by atoms with Crippen molar-refractivity contribution >= 4 is 27.5 Å². The van der Waals surface area contributed by atoms with Gasteiger partial charge in [-0.3, -0.25) is 9.97 Å². The van der Waals surface area contributed by atoms with E-state index in [9.17, 15) is 0 Å². The van der Waals surface area contributed by atoms with E-state index in [0.717, 1.165) is 21.8 Å². The Morgan fingerprint density at radius 3 is 2.67 bits per heavy atom. The van der Waals surface area contributed by atoms with Crippen molar-refractivity contribution < 1.29 is 0 Å². The predicted octanol–water partition coefficient (Wildman–Crippen LogP) is 2.37. The molecule has 72 valence electrons. The Bertz CT molecular complexity index is 646. The molecule has 0 bridgehead atoms. The van der Waals surface area contributed by atoms with Crippen LogP contribution in [0.4, 0.5) is 5.69 Å². The van der Waals surface area contributed by atoms with Crippen LogP contribution in [0.2, 0.25) is 0 Å². The molecule has 15 heavy (non-hydrogen) atoms. The van der Waals surface area contributed by atoms with Gasteiger partial charge in [-0.15, -0.1) is 0 Å². The second-order valence-electron chi connectivity index (χ2n) is 3.48. The number of nitrogens with zero attached hydrogens (tertiary/aromatic N) is 2. The summed E-state index contributed by atoms with van der Waals surface area (Å²) in [6.07, 6.45) is 3.44. The maximum Gasteiger partial charge on any atom is 0.0966 e. The molecule has 0 fully saturated rings. The van der Waals surface area contributed by atoms with Crippen LogP contribution in [0.1, 0.15) is 0 Å². The fourth-order valence-electron chi connectivity index (χ4n) is 1.75. The van der Waals surface area contributed by atoms with Crippen molar-refractivity contribution in [2.24, 2.45) is 0 Å². The fourth-order valence-corrected chi connectivity index (χ4v) is 1.75. The molecule has 3 heteroatoms. The van der Waals surface area contributed by atoms with Gasteiger partial charge in [0.25, 0.3) is 0 Å². The molecule has 3 aromatic rings. The molecule has 0 saturated carbocycles. The Kier molecular flexibility index (Phi) is 1.59. The van der Waals surface area contributed by atoms with E-state index in [0.29, 0.717) is 5.69 Å². The van der Waals surface area contributed by atoms with Gasteiger partial charge in [0.15, 0.2) is 0 Å². The number of fused-ring (bicyclic) bond motifs is 3. The molecular weight excluding hydrogens is 186 g/mol. The number of nitrogens with two attached hydrogens (primary N) is 1. The molecule has 0 unspecified atom stereocenters. The minimum absolute atomic E-state index is 0.679. The number of pyridine rings is 2. The lowest BCUT2D eigenvalue weighted by Crippen LogP contribution is -1.89. The van der Waals surface area contributed by atoms with Gasteiger partial charge in [-0.2, -0.15) is 0 Å². The predicted molar refractivity (Wildman–Crippen MR) is 61.5 cm³/mol. The van der Waals surface area contributed by atoms with Crippen LogP contribution in [0, 0.1) is 0 Å². The van der Waals surface area contributed by atoms with Gasteiger partial charge in [0.05, 0.1) is 22.9 Å². The number of nitrogen functional groups attached to an aromatic ring is 1. The van der Waals surface area contributed by atoms with Gasteiger partial charge in [-0.05, 0) is 12.1 Å². The van der Waals surface area contributed by atoms with E-state index in [-0.39, 0.29) is 0 Å². The average molecular weight is 195 g/mol. The van der Waals surface area contributed by atoms with Crippen LogP contribution in [0.3, 0.4) is 0 Å². The number of hydrogen-bond donors (Lipinski definition) is 1. The fraction of sp³-hybridized carbons (Fsp3) is 0. The van der Waals surface area contributed by atoms with Gasteiger partial charge < -0.3 is 5.73 Å². The lowest BCUT2D eigenvalue weighted by atomic mass is 10.1. The molecule has 0 aliphatic carbocycles. The molecule has 0 amide bonds. The SMILES string of the molecule is Nc1cnc2c(ccc3cccnc32)c1. The zero-order chi connectivity index (χ0) is 10.3. The Balaban J connectivity index is 2.55. The quantitative estimate of drug-likeness (QED) is 0.560. The molecule has 0 radical (unpaired) electrons. The van der Waals surface area contributed by atoms with Crippen LogP contribution >= 0.6 is 0 Å². The van der Waals surface area contributed by atoms with Crippen molar-refractivity contribution in [2.75, 3.05) is 5.73 Å². The number of aromatic nitrogens is 2. The summed E-state index contributed by atoms with van der Waals surface area (Å²) in [4.78, 5) is 8.66. The number of hydrogen-bond acceptors (Lipinski definition) is 3. The number of anilines is 1. The molecule has 3 nitrogen and oxygen atoms in total. The normalized spacial score (nSPS) is 10.9. The van der Waals surface area contributed by atoms with Crippen molar-refractivity contribution in [1.82, 2.24) is 9.97 Å². The van der Waals surface area contributed by atoms with Gasteiger partial charge in [0.1, 0.15) is 0 Å². The van der Waals surface area contributed by atoms with Crippen LogP contribution in [-0.2, 0) is 0 Å². The number of benzene rings is 1. The van der Waals surface area contributed by atoms with E-state index >= 15 is 0 Å². The first-order chi connectivity index (χ1) is 7.34. The van der Waals surface area contributed by atoms with Crippen LogP contribution in [-0.4, -0.2) is 9.97 Å². The third kappa shape index (κ3) is 1.21. The van der Waals surface area contributed by atoms with Gasteiger partial charge in [-0.25, -0.2) is 0 Å². The smallest absolute Gasteiger partial charge is 0.0966 e. The largest absolute Gasteiger partial charge is 0.397 e. The van der Waals surface area contributed by atoms with Crippen molar-refractivity contribution in [3.05, 3.63) is 42.7 Å². The molecule has 2 N–H and O–H groups in total. The number of rotatable bonds is 0. The second kappa shape index (κ2) is 2.92. The Morgan fingerprint density at radius 2 is 1.73 bits per heavy atom. The summed E-state index contributed by atoms with van der Waals surface area (Å²) in [5.41, 5.74) is 8.19. The molecule has 0 atom stereocenters. The standard InChI is InChI=1S/C12H9N3/c13-10-6-9-4-3-8-2-1-5-14-11(8)12(9)15-7-10/h1-7H,13H2.